The molecule has 0 saturated carbocycles. The van der Waals surface area contributed by atoms with Gasteiger partial charge in [0, 0.05) is 18.1 Å². The molecule has 3 aliphatic rings. The third-order valence-corrected chi connectivity index (χ3v) is 6.74. The van der Waals surface area contributed by atoms with Crippen molar-refractivity contribution < 1.29 is 14.7 Å². The summed E-state index contributed by atoms with van der Waals surface area (Å²) in [5, 5.41) is 9.96. The fraction of sp³-hybridized carbons (Fsp3) is 0.533. The Morgan fingerprint density at radius 2 is 2.23 bits per heavy atom. The fourth-order valence-corrected chi connectivity index (χ4v) is 5.56. The summed E-state index contributed by atoms with van der Waals surface area (Å²) < 4.78 is 0. The predicted octanol–water partition coefficient (Wildman–Crippen LogP) is -0.533. The summed E-state index contributed by atoms with van der Waals surface area (Å²) in [4.78, 5) is 31.3. The molecule has 3 aliphatic heterocycles. The van der Waals surface area contributed by atoms with Gasteiger partial charge in [0.15, 0.2) is 5.17 Å². The average Bonchev–Trinajstić information content (AvgIpc) is 2.60. The lowest BCUT2D eigenvalue weighted by molar-refractivity contribution is -0.147. The van der Waals surface area contributed by atoms with E-state index in [1.165, 1.54) is 28.4 Å². The lowest BCUT2D eigenvalue weighted by Crippen LogP contribution is -2.68. The molecular weight excluding hydrogens is 376 g/mol. The van der Waals surface area contributed by atoms with Crippen LogP contribution in [0.2, 0.25) is 0 Å². The minimum Gasteiger partial charge on any atom is -0.477 e. The average molecular weight is 399 g/mol. The quantitative estimate of drug-likeness (QED) is 0.448. The summed E-state index contributed by atoms with van der Waals surface area (Å²) in [6.07, 6.45) is 2.22. The van der Waals surface area contributed by atoms with Gasteiger partial charge in [-0.15, -0.1) is 11.8 Å². The minimum absolute atomic E-state index is 0.0409. The summed E-state index contributed by atoms with van der Waals surface area (Å²) in [5.41, 5.74) is 18.4. The summed E-state index contributed by atoms with van der Waals surface area (Å²) in [6.45, 7) is 2.76. The zero-order chi connectivity index (χ0) is 19.0. The number of carboxylic acids is 1. The minimum atomic E-state index is -1.11. The van der Waals surface area contributed by atoms with Crippen LogP contribution in [0.4, 0.5) is 0 Å². The van der Waals surface area contributed by atoms with Gasteiger partial charge in [0.2, 0.25) is 5.91 Å². The van der Waals surface area contributed by atoms with Gasteiger partial charge in [-0.1, -0.05) is 18.7 Å². The Morgan fingerprint density at radius 3 is 2.88 bits per heavy atom. The van der Waals surface area contributed by atoms with Crippen LogP contribution in [-0.2, 0) is 9.59 Å². The van der Waals surface area contributed by atoms with Crippen molar-refractivity contribution in [3.63, 3.8) is 0 Å². The van der Waals surface area contributed by atoms with Crippen molar-refractivity contribution in [1.29, 1.82) is 0 Å². The number of amides is 1. The first-order valence-corrected chi connectivity index (χ1v) is 10.2. The molecule has 11 heteroatoms. The highest BCUT2D eigenvalue weighted by Crippen LogP contribution is 2.40. The molecule has 0 spiro atoms. The van der Waals surface area contributed by atoms with E-state index in [0.29, 0.717) is 28.1 Å². The Morgan fingerprint density at radius 1 is 1.50 bits per heavy atom. The maximum atomic E-state index is 12.0. The van der Waals surface area contributed by atoms with Gasteiger partial charge in [-0.25, -0.2) is 9.79 Å². The van der Waals surface area contributed by atoms with Gasteiger partial charge in [0.05, 0.1) is 0 Å². The van der Waals surface area contributed by atoms with Gasteiger partial charge in [0.25, 0.3) is 0 Å². The van der Waals surface area contributed by atoms with Crippen molar-refractivity contribution in [3.8, 4) is 0 Å². The van der Waals surface area contributed by atoms with Crippen LogP contribution >= 0.6 is 23.5 Å². The Kier molecular flexibility index (Phi) is 5.51. The molecule has 0 aromatic carbocycles. The standard InChI is InChI=1S/C15H22N6O3S2/c1-2-3-20-9(17)4-8(16)19-15(20)26-6-7-5-25-13-10(18)12(22)21(13)11(7)14(23)24/h4,9-10,13H,2-3,5-6,16-18H2,1H3,(H,23,24)/t9?,10?,13-/m0/s1. The monoisotopic (exact) mass is 398 g/mol. The maximum Gasteiger partial charge on any atom is 0.352 e. The lowest BCUT2D eigenvalue weighted by Gasteiger charge is -2.48. The molecule has 3 atom stereocenters. The molecule has 1 saturated heterocycles. The van der Waals surface area contributed by atoms with Crippen molar-refractivity contribution in [1.82, 2.24) is 9.80 Å². The van der Waals surface area contributed by atoms with E-state index in [4.69, 9.17) is 17.2 Å². The molecular formula is C15H22N6O3S2. The van der Waals surface area contributed by atoms with Gasteiger partial charge in [0.1, 0.15) is 29.1 Å². The third-order valence-electron chi connectivity index (χ3n) is 4.30. The summed E-state index contributed by atoms with van der Waals surface area (Å²) in [7, 11) is 0. The highest BCUT2D eigenvalue weighted by molar-refractivity contribution is 8.14. The number of aliphatic imine (C=N–C) groups is 1. The molecule has 1 fully saturated rings. The maximum absolute atomic E-state index is 12.0. The van der Waals surface area contributed by atoms with E-state index in [0.717, 1.165) is 13.0 Å². The smallest absolute Gasteiger partial charge is 0.352 e. The topological polar surface area (TPSA) is 151 Å². The van der Waals surface area contributed by atoms with E-state index in [-0.39, 0.29) is 23.1 Å². The number of nitrogens with zero attached hydrogens (tertiary/aromatic N) is 3. The highest BCUT2D eigenvalue weighted by Gasteiger charge is 2.51. The van der Waals surface area contributed by atoms with E-state index < -0.39 is 12.0 Å². The normalized spacial score (nSPS) is 28.4. The SMILES string of the molecule is CCCN1C(SCC2=C(C(=O)O)N3C(=O)C(N)[C@@H]3SC2)=NC(N)=CC1N. The number of amidine groups is 1. The van der Waals surface area contributed by atoms with Gasteiger partial charge >= 0.3 is 5.97 Å². The second-order valence-corrected chi connectivity index (χ2v) is 8.20. The Bertz CT molecular complexity index is 722. The lowest BCUT2D eigenvalue weighted by atomic mass is 10.0. The number of hydrogen-bond acceptors (Lipinski definition) is 9. The number of rotatable bonds is 5. The van der Waals surface area contributed by atoms with Crippen LogP contribution in [0.25, 0.3) is 0 Å². The van der Waals surface area contributed by atoms with Crippen LogP contribution in [-0.4, -0.2) is 67.6 Å². The molecule has 3 heterocycles. The largest absolute Gasteiger partial charge is 0.477 e. The molecule has 0 aliphatic carbocycles. The second kappa shape index (κ2) is 7.51. The molecule has 1 amide bonds. The first-order valence-electron chi connectivity index (χ1n) is 8.21. The summed E-state index contributed by atoms with van der Waals surface area (Å²) >= 11 is 2.87. The molecule has 2 unspecified atom stereocenters. The summed E-state index contributed by atoms with van der Waals surface area (Å²) in [6, 6.07) is -0.630. The Hall–Kier alpha value is -1.69. The van der Waals surface area contributed by atoms with Gasteiger partial charge in [-0.05, 0) is 18.1 Å². The van der Waals surface area contributed by atoms with E-state index in [1.807, 2.05) is 11.8 Å². The van der Waals surface area contributed by atoms with Crippen molar-refractivity contribution >= 4 is 40.6 Å². The Balaban J connectivity index is 1.80. The number of β-lactam (4-membered cyclic amide) rings is 1. The third kappa shape index (κ3) is 3.31. The first-order chi connectivity index (χ1) is 12.3. The number of aliphatic carboxylic acids is 1. The van der Waals surface area contributed by atoms with Crippen molar-refractivity contribution in [3.05, 3.63) is 23.2 Å². The van der Waals surface area contributed by atoms with Gasteiger partial charge in [-0.2, -0.15) is 0 Å². The number of hydrogen-bond donors (Lipinski definition) is 4. The first kappa shape index (κ1) is 19.1. The molecule has 7 N–H and O–H groups in total. The van der Waals surface area contributed by atoms with E-state index in [2.05, 4.69) is 4.99 Å². The van der Waals surface area contributed by atoms with Gasteiger partial charge < -0.3 is 27.2 Å². The number of carboxylic acid groups (broad SMARTS) is 1. The molecule has 142 valence electrons. The van der Waals surface area contributed by atoms with E-state index in [1.54, 1.807) is 6.08 Å². The van der Waals surface area contributed by atoms with E-state index in [9.17, 15) is 14.7 Å². The van der Waals surface area contributed by atoms with Crippen LogP contribution in [0.3, 0.4) is 0 Å². The molecule has 0 bridgehead atoms. The zero-order valence-electron chi connectivity index (χ0n) is 14.3. The molecule has 0 radical (unpaired) electrons. The second-order valence-electron chi connectivity index (χ2n) is 6.15. The number of carbonyl (C=O) groups is 2. The predicted molar refractivity (Wildman–Crippen MR) is 103 cm³/mol. The highest BCUT2D eigenvalue weighted by atomic mass is 32.2. The van der Waals surface area contributed by atoms with Crippen LogP contribution in [0, 0.1) is 0 Å². The van der Waals surface area contributed by atoms with Crippen molar-refractivity contribution in [2.24, 2.45) is 22.2 Å². The van der Waals surface area contributed by atoms with Crippen LogP contribution in [0.15, 0.2) is 28.2 Å². The van der Waals surface area contributed by atoms with Crippen molar-refractivity contribution in [2.75, 3.05) is 18.1 Å². The number of fused-ring (bicyclic) bond motifs is 1. The van der Waals surface area contributed by atoms with Crippen LogP contribution < -0.4 is 17.2 Å². The molecule has 26 heavy (non-hydrogen) atoms. The van der Waals surface area contributed by atoms with Crippen molar-refractivity contribution in [2.45, 2.75) is 30.9 Å². The Labute approximate surface area is 159 Å². The fourth-order valence-electron chi connectivity index (χ4n) is 3.05. The van der Waals surface area contributed by atoms with Gasteiger partial charge in [-0.3, -0.25) is 9.69 Å². The summed E-state index contributed by atoms with van der Waals surface area (Å²) in [5.74, 6) is -0.215. The zero-order valence-corrected chi connectivity index (χ0v) is 15.9. The molecule has 0 aromatic heterocycles. The number of carbonyl (C=O) groups excluding carboxylic acids is 1. The number of nitrogens with two attached hydrogens (primary N) is 3. The van der Waals surface area contributed by atoms with E-state index >= 15 is 0 Å². The van der Waals surface area contributed by atoms with Crippen LogP contribution in [0.5, 0.6) is 0 Å². The molecule has 0 aromatic rings. The van der Waals surface area contributed by atoms with Crippen LogP contribution in [0.1, 0.15) is 13.3 Å². The number of thioether (sulfide) groups is 2. The molecule has 3 rings (SSSR count). The molecule has 9 nitrogen and oxygen atoms in total.